The van der Waals surface area contributed by atoms with Crippen molar-refractivity contribution in [1.29, 1.82) is 0 Å². The molecule has 1 aromatic carbocycles. The highest BCUT2D eigenvalue weighted by atomic mass is 35.5. The first-order chi connectivity index (χ1) is 13.4. The molecule has 0 spiro atoms. The average molecular weight is 429 g/mol. The quantitative estimate of drug-likeness (QED) is 0.727. The number of halogens is 3. The molecular weight excluding hydrogens is 410 g/mol. The molecule has 7 nitrogen and oxygen atoms in total. The van der Waals surface area contributed by atoms with Gasteiger partial charge >= 0.3 is 0 Å². The number of nitrogens with two attached hydrogens (primary N) is 1. The molecule has 0 amide bonds. The topological polar surface area (TPSA) is 91.5 Å². The molecule has 28 heavy (non-hydrogen) atoms. The van der Waals surface area contributed by atoms with Crippen LogP contribution in [0.4, 0.5) is 10.3 Å². The lowest BCUT2D eigenvalue weighted by molar-refractivity contribution is 0.192. The van der Waals surface area contributed by atoms with E-state index in [4.69, 9.17) is 43.1 Å². The number of benzene rings is 1. The summed E-state index contributed by atoms with van der Waals surface area (Å²) in [5.41, 5.74) is 6.30. The number of nitrogens with one attached hydrogen (secondary N) is 1. The number of methoxy groups -OCH3 is 2. The molecule has 0 unspecified atom stereocenters. The van der Waals surface area contributed by atoms with Crippen molar-refractivity contribution < 1.29 is 18.6 Å². The van der Waals surface area contributed by atoms with Crippen LogP contribution in [0.3, 0.4) is 0 Å². The Morgan fingerprint density at radius 2 is 1.82 bits per heavy atom. The van der Waals surface area contributed by atoms with Crippen LogP contribution in [0.2, 0.25) is 10.0 Å². The van der Waals surface area contributed by atoms with Crippen LogP contribution in [-0.2, 0) is 4.74 Å². The zero-order chi connectivity index (χ0) is 20.3. The van der Waals surface area contributed by atoms with Gasteiger partial charge in [-0.1, -0.05) is 23.2 Å². The van der Waals surface area contributed by atoms with Crippen molar-refractivity contribution >= 4 is 41.1 Å². The van der Waals surface area contributed by atoms with Gasteiger partial charge in [-0.15, -0.1) is 0 Å². The van der Waals surface area contributed by atoms with Crippen molar-refractivity contribution in [2.45, 2.75) is 12.1 Å². The molecule has 1 aromatic heterocycles. The molecule has 2 aromatic rings. The van der Waals surface area contributed by atoms with Crippen LogP contribution in [0, 0.1) is 0 Å². The van der Waals surface area contributed by atoms with E-state index in [0.29, 0.717) is 24.7 Å². The molecule has 0 radical (unpaired) electrons. The van der Waals surface area contributed by atoms with Crippen LogP contribution in [-0.4, -0.2) is 49.5 Å². The Balaban J connectivity index is 1.85. The van der Waals surface area contributed by atoms with E-state index < -0.39 is 5.83 Å². The Labute approximate surface area is 171 Å². The van der Waals surface area contributed by atoms with E-state index >= 15 is 0 Å². The molecule has 2 heterocycles. The van der Waals surface area contributed by atoms with Crippen molar-refractivity contribution in [3.8, 4) is 11.5 Å². The number of ether oxygens (including phenoxy) is 3. The zero-order valence-electron chi connectivity index (χ0n) is 15.2. The molecule has 0 saturated carbocycles. The zero-order valence-corrected chi connectivity index (χ0v) is 16.7. The number of nitrogens with zero attached hydrogens (tertiary/aromatic N) is 2. The molecule has 1 fully saturated rings. The highest BCUT2D eigenvalue weighted by Gasteiger charge is 2.25. The number of hydrogen-bond donors (Lipinski definition) is 2. The third-order valence-electron chi connectivity index (χ3n) is 4.22. The Bertz CT molecular complexity index is 852. The van der Waals surface area contributed by atoms with Crippen LogP contribution < -0.4 is 20.5 Å². The predicted molar refractivity (Wildman–Crippen MR) is 107 cm³/mol. The second kappa shape index (κ2) is 8.91. The van der Waals surface area contributed by atoms with Crippen LogP contribution in [0.25, 0.3) is 11.9 Å². The summed E-state index contributed by atoms with van der Waals surface area (Å²) < 4.78 is 30.5. The fraction of sp³-hybridized carbons (Fsp3) is 0.333. The Kier molecular flexibility index (Phi) is 6.56. The van der Waals surface area contributed by atoms with E-state index in [1.807, 2.05) is 0 Å². The fourth-order valence-corrected chi connectivity index (χ4v) is 3.37. The highest BCUT2D eigenvalue weighted by molar-refractivity contribution is 6.39. The second-order valence-electron chi connectivity index (χ2n) is 6.07. The van der Waals surface area contributed by atoms with Crippen molar-refractivity contribution in [2.24, 2.45) is 5.73 Å². The largest absolute Gasteiger partial charge is 0.495 e. The Morgan fingerprint density at radius 3 is 2.32 bits per heavy atom. The normalized spacial score (nSPS) is 19.6. The number of aromatic nitrogens is 2. The molecule has 1 saturated heterocycles. The van der Waals surface area contributed by atoms with Crippen molar-refractivity contribution in [3.63, 3.8) is 0 Å². The van der Waals surface area contributed by atoms with Gasteiger partial charge in [0, 0.05) is 24.0 Å². The number of rotatable bonds is 6. The van der Waals surface area contributed by atoms with E-state index in [2.05, 4.69) is 15.3 Å². The van der Waals surface area contributed by atoms with Gasteiger partial charge in [0.2, 0.25) is 5.95 Å². The summed E-state index contributed by atoms with van der Waals surface area (Å²) in [6.07, 6.45) is 4.16. The summed E-state index contributed by atoms with van der Waals surface area (Å²) in [7, 11) is 2.83. The van der Waals surface area contributed by atoms with E-state index in [9.17, 15) is 4.39 Å². The summed E-state index contributed by atoms with van der Waals surface area (Å²) >= 11 is 12.5. The standard InChI is InChI=1S/C18H19Cl2FN4O3/c1-26-13-4-14(27-2)17(20)15(16(13)19)10(21)3-9-5-23-18(24-6-9)25-12-8-28-7-11(12)22/h3-6,11-12H,7-8,22H2,1-2H3,(H,23,24,25)/b10-3-/t11-,12+/m0/s1. The van der Waals surface area contributed by atoms with Crippen LogP contribution in [0.15, 0.2) is 18.5 Å². The molecule has 10 heteroatoms. The molecule has 3 rings (SSSR count). The predicted octanol–water partition coefficient (Wildman–Crippen LogP) is 3.41. The van der Waals surface area contributed by atoms with Crippen molar-refractivity contribution in [3.05, 3.63) is 39.6 Å². The fourth-order valence-electron chi connectivity index (χ4n) is 2.69. The summed E-state index contributed by atoms with van der Waals surface area (Å²) in [5.74, 6) is 0.185. The molecule has 3 N–H and O–H groups in total. The maximum absolute atomic E-state index is 14.9. The minimum atomic E-state index is -0.678. The van der Waals surface area contributed by atoms with Gasteiger partial charge < -0.3 is 25.3 Å². The van der Waals surface area contributed by atoms with Crippen LogP contribution in [0.1, 0.15) is 11.1 Å². The third kappa shape index (κ3) is 4.30. The summed E-state index contributed by atoms with van der Waals surface area (Å²) in [5, 5.41) is 3.17. The lowest BCUT2D eigenvalue weighted by Crippen LogP contribution is -2.39. The maximum Gasteiger partial charge on any atom is 0.222 e. The maximum atomic E-state index is 14.9. The van der Waals surface area contributed by atoms with Gasteiger partial charge in [-0.2, -0.15) is 0 Å². The lowest BCUT2D eigenvalue weighted by Gasteiger charge is -2.15. The van der Waals surface area contributed by atoms with E-state index in [1.165, 1.54) is 38.8 Å². The summed E-state index contributed by atoms with van der Waals surface area (Å²) in [6.45, 7) is 0.963. The van der Waals surface area contributed by atoms with Gasteiger partial charge in [-0.05, 0) is 6.08 Å². The lowest BCUT2D eigenvalue weighted by atomic mass is 10.1. The molecule has 1 aliphatic rings. The molecule has 0 aliphatic carbocycles. The molecule has 2 atom stereocenters. The monoisotopic (exact) mass is 428 g/mol. The number of hydrogen-bond acceptors (Lipinski definition) is 7. The second-order valence-corrected chi connectivity index (χ2v) is 6.82. The molecular formula is C18H19Cl2FN4O3. The first kappa shape index (κ1) is 20.6. The SMILES string of the molecule is COc1cc(OC)c(Cl)c(/C(F)=C/c2cnc(N[C@@H]3COC[C@@H]3N)nc2)c1Cl. The first-order valence-corrected chi connectivity index (χ1v) is 9.09. The van der Waals surface area contributed by atoms with E-state index in [-0.39, 0.29) is 39.2 Å². The smallest absolute Gasteiger partial charge is 0.222 e. The summed E-state index contributed by atoms with van der Waals surface area (Å²) in [4.78, 5) is 8.35. The van der Waals surface area contributed by atoms with Gasteiger partial charge in [-0.25, -0.2) is 14.4 Å². The van der Waals surface area contributed by atoms with Gasteiger partial charge in [0.25, 0.3) is 0 Å². The minimum Gasteiger partial charge on any atom is -0.495 e. The first-order valence-electron chi connectivity index (χ1n) is 8.34. The number of anilines is 1. The van der Waals surface area contributed by atoms with Gasteiger partial charge in [0.05, 0.1) is 55.1 Å². The summed E-state index contributed by atoms with van der Waals surface area (Å²) in [6, 6.07) is 1.29. The van der Waals surface area contributed by atoms with Gasteiger partial charge in [-0.3, -0.25) is 0 Å². The van der Waals surface area contributed by atoms with E-state index in [0.717, 1.165) is 0 Å². The Morgan fingerprint density at radius 1 is 1.21 bits per heavy atom. The van der Waals surface area contributed by atoms with Crippen LogP contribution >= 0.6 is 23.2 Å². The highest BCUT2D eigenvalue weighted by Crippen LogP contribution is 2.44. The average Bonchev–Trinajstić information content (AvgIpc) is 3.08. The van der Waals surface area contributed by atoms with Crippen LogP contribution in [0.5, 0.6) is 11.5 Å². The molecule has 1 aliphatic heterocycles. The van der Waals surface area contributed by atoms with E-state index in [1.54, 1.807) is 0 Å². The van der Waals surface area contributed by atoms with Crippen molar-refractivity contribution in [1.82, 2.24) is 9.97 Å². The van der Waals surface area contributed by atoms with Gasteiger partial charge in [0.15, 0.2) is 0 Å². The molecule has 0 bridgehead atoms. The van der Waals surface area contributed by atoms with Gasteiger partial charge in [0.1, 0.15) is 17.3 Å². The minimum absolute atomic E-state index is 0.0317. The Hall–Kier alpha value is -2.13. The molecule has 150 valence electrons. The third-order valence-corrected chi connectivity index (χ3v) is 4.97. The van der Waals surface area contributed by atoms with Crippen molar-refractivity contribution in [2.75, 3.05) is 32.8 Å².